The van der Waals surface area contributed by atoms with E-state index < -0.39 is 0 Å². The van der Waals surface area contributed by atoms with Crippen LogP contribution in [-0.2, 0) is 18.4 Å². The van der Waals surface area contributed by atoms with Crippen LogP contribution < -0.4 is 11.1 Å². The molecule has 3 N–H and O–H groups in total. The van der Waals surface area contributed by atoms with E-state index in [0.29, 0.717) is 6.54 Å². The van der Waals surface area contributed by atoms with Gasteiger partial charge in [-0.3, -0.25) is 4.79 Å². The van der Waals surface area contributed by atoms with E-state index in [-0.39, 0.29) is 17.9 Å². The second-order valence-electron chi connectivity index (χ2n) is 4.19. The molecule has 0 saturated carbocycles. The first-order valence-corrected chi connectivity index (χ1v) is 5.14. The number of carbonyl (C=O) groups excluding carboxylic acids is 1. The Hall–Kier alpha value is -1.29. The van der Waals surface area contributed by atoms with Crippen LogP contribution >= 0.6 is 0 Å². The summed E-state index contributed by atoms with van der Waals surface area (Å²) in [6, 6.07) is 1.76. The van der Waals surface area contributed by atoms with E-state index in [4.69, 9.17) is 5.73 Å². The lowest BCUT2D eigenvalue weighted by molar-refractivity contribution is -0.121. The van der Waals surface area contributed by atoms with Crippen molar-refractivity contribution in [2.45, 2.75) is 26.4 Å². The molecule has 0 aliphatic rings. The monoisotopic (exact) mass is 209 g/mol. The van der Waals surface area contributed by atoms with Gasteiger partial charge < -0.3 is 15.6 Å². The van der Waals surface area contributed by atoms with E-state index in [1.807, 2.05) is 43.9 Å². The molecule has 0 spiro atoms. The summed E-state index contributed by atoms with van der Waals surface area (Å²) in [6.07, 6.45) is 4.00. The normalized spacial score (nSPS) is 13.1. The van der Waals surface area contributed by atoms with E-state index in [1.165, 1.54) is 0 Å². The Labute approximate surface area is 90.5 Å². The Morgan fingerprint density at radius 2 is 2.27 bits per heavy atom. The molecular formula is C11H19N3O. The summed E-state index contributed by atoms with van der Waals surface area (Å²) in [5, 5.41) is 3.16. The fraction of sp³-hybridized carbons (Fsp3) is 0.545. The minimum Gasteiger partial charge on any atom is -0.368 e. The molecule has 0 bridgehead atoms. The third kappa shape index (κ3) is 3.40. The van der Waals surface area contributed by atoms with Crippen molar-refractivity contribution < 1.29 is 4.79 Å². The van der Waals surface area contributed by atoms with Gasteiger partial charge in [-0.25, -0.2) is 0 Å². The average molecular weight is 209 g/mol. The fourth-order valence-corrected chi connectivity index (χ4v) is 1.56. The third-order valence-corrected chi connectivity index (χ3v) is 2.39. The number of primary amides is 1. The zero-order valence-corrected chi connectivity index (χ0v) is 9.53. The molecule has 0 aliphatic carbocycles. The van der Waals surface area contributed by atoms with Gasteiger partial charge in [-0.2, -0.15) is 0 Å². The van der Waals surface area contributed by atoms with Crippen molar-refractivity contribution in [3.63, 3.8) is 0 Å². The summed E-state index contributed by atoms with van der Waals surface area (Å²) in [6.45, 7) is 4.63. The van der Waals surface area contributed by atoms with Gasteiger partial charge in [0.15, 0.2) is 0 Å². The zero-order valence-electron chi connectivity index (χ0n) is 9.53. The van der Waals surface area contributed by atoms with Gasteiger partial charge in [0.1, 0.15) is 0 Å². The predicted molar refractivity (Wildman–Crippen MR) is 60.1 cm³/mol. The number of rotatable bonds is 5. The molecule has 0 saturated heterocycles. The van der Waals surface area contributed by atoms with Gasteiger partial charge in [-0.1, -0.05) is 13.8 Å². The molecule has 1 heterocycles. The molecule has 0 fully saturated rings. The quantitative estimate of drug-likeness (QED) is 0.747. The van der Waals surface area contributed by atoms with Crippen LogP contribution in [0.2, 0.25) is 0 Å². The van der Waals surface area contributed by atoms with E-state index in [9.17, 15) is 4.79 Å². The number of nitrogens with two attached hydrogens (primary N) is 1. The second-order valence-corrected chi connectivity index (χ2v) is 4.19. The fourth-order valence-electron chi connectivity index (χ4n) is 1.56. The van der Waals surface area contributed by atoms with Crippen molar-refractivity contribution in [2.75, 3.05) is 0 Å². The van der Waals surface area contributed by atoms with Crippen molar-refractivity contribution >= 4 is 5.91 Å². The van der Waals surface area contributed by atoms with E-state index in [2.05, 4.69) is 5.32 Å². The minimum atomic E-state index is -0.291. The smallest absolute Gasteiger partial charge is 0.234 e. The average Bonchev–Trinajstić information content (AvgIpc) is 2.50. The van der Waals surface area contributed by atoms with Crippen LogP contribution in [0.15, 0.2) is 18.5 Å². The highest BCUT2D eigenvalue weighted by Crippen LogP contribution is 2.04. The van der Waals surface area contributed by atoms with Gasteiger partial charge in [-0.05, 0) is 17.5 Å². The maximum absolute atomic E-state index is 11.1. The number of hydrogen-bond acceptors (Lipinski definition) is 2. The van der Waals surface area contributed by atoms with E-state index >= 15 is 0 Å². The molecule has 0 aromatic carbocycles. The molecule has 1 aromatic heterocycles. The van der Waals surface area contributed by atoms with Crippen molar-refractivity contribution in [3.8, 4) is 0 Å². The number of aryl methyl sites for hydroxylation is 1. The highest BCUT2D eigenvalue weighted by molar-refractivity contribution is 5.80. The molecule has 15 heavy (non-hydrogen) atoms. The van der Waals surface area contributed by atoms with Gasteiger partial charge in [0.2, 0.25) is 5.91 Å². The van der Waals surface area contributed by atoms with Crippen molar-refractivity contribution in [3.05, 3.63) is 24.0 Å². The summed E-state index contributed by atoms with van der Waals surface area (Å²) in [7, 11) is 1.97. The molecule has 84 valence electrons. The predicted octanol–water partition coefficient (Wildman–Crippen LogP) is 0.625. The summed E-state index contributed by atoms with van der Waals surface area (Å²) >= 11 is 0. The summed E-state index contributed by atoms with van der Waals surface area (Å²) in [5.74, 6) is -0.0767. The van der Waals surface area contributed by atoms with Crippen LogP contribution in [0.25, 0.3) is 0 Å². The number of nitrogens with one attached hydrogen (secondary N) is 1. The van der Waals surface area contributed by atoms with Crippen LogP contribution in [-0.4, -0.2) is 16.5 Å². The van der Waals surface area contributed by atoms with Crippen molar-refractivity contribution in [1.82, 2.24) is 9.88 Å². The topological polar surface area (TPSA) is 60.1 Å². The maximum atomic E-state index is 11.1. The van der Waals surface area contributed by atoms with Gasteiger partial charge in [0.25, 0.3) is 0 Å². The second kappa shape index (κ2) is 4.98. The Balaban J connectivity index is 2.50. The van der Waals surface area contributed by atoms with E-state index in [1.54, 1.807) is 0 Å². The zero-order chi connectivity index (χ0) is 11.4. The Bertz CT molecular complexity index is 330. The van der Waals surface area contributed by atoms with Crippen LogP contribution in [0.3, 0.4) is 0 Å². The van der Waals surface area contributed by atoms with Crippen LogP contribution in [0, 0.1) is 5.92 Å². The lowest BCUT2D eigenvalue weighted by atomic mass is 10.0. The molecular weight excluding hydrogens is 190 g/mol. The SMILES string of the molecule is CC(C)C(NCc1ccn(C)c1)C(N)=O. The first-order chi connectivity index (χ1) is 7.00. The Kier molecular flexibility index (Phi) is 3.91. The highest BCUT2D eigenvalue weighted by atomic mass is 16.1. The third-order valence-electron chi connectivity index (χ3n) is 2.39. The Morgan fingerprint density at radius 1 is 1.60 bits per heavy atom. The van der Waals surface area contributed by atoms with Gasteiger partial charge in [0.05, 0.1) is 6.04 Å². The molecule has 4 nitrogen and oxygen atoms in total. The molecule has 1 rings (SSSR count). The molecule has 4 heteroatoms. The molecule has 0 radical (unpaired) electrons. The van der Waals surface area contributed by atoms with Crippen LogP contribution in [0.4, 0.5) is 0 Å². The lowest BCUT2D eigenvalue weighted by Crippen LogP contribution is -2.44. The van der Waals surface area contributed by atoms with Crippen molar-refractivity contribution in [2.24, 2.45) is 18.7 Å². The summed E-state index contributed by atoms with van der Waals surface area (Å²) < 4.78 is 1.98. The first kappa shape index (κ1) is 11.8. The van der Waals surface area contributed by atoms with Gasteiger partial charge >= 0.3 is 0 Å². The number of hydrogen-bond donors (Lipinski definition) is 2. The summed E-state index contributed by atoms with van der Waals surface area (Å²) in [5.41, 5.74) is 6.46. The molecule has 0 aliphatic heterocycles. The standard InChI is InChI=1S/C11H19N3O/c1-8(2)10(11(12)15)13-6-9-4-5-14(3)7-9/h4-5,7-8,10,13H,6H2,1-3H3,(H2,12,15). The first-order valence-electron chi connectivity index (χ1n) is 5.14. The number of nitrogens with zero attached hydrogens (tertiary/aromatic N) is 1. The number of carbonyl (C=O) groups is 1. The molecule has 1 unspecified atom stereocenters. The number of aromatic nitrogens is 1. The van der Waals surface area contributed by atoms with Crippen LogP contribution in [0.1, 0.15) is 19.4 Å². The minimum absolute atomic E-state index is 0.214. The molecule has 1 atom stereocenters. The molecule has 1 aromatic rings. The maximum Gasteiger partial charge on any atom is 0.234 e. The highest BCUT2D eigenvalue weighted by Gasteiger charge is 2.18. The summed E-state index contributed by atoms with van der Waals surface area (Å²) in [4.78, 5) is 11.1. The lowest BCUT2D eigenvalue weighted by Gasteiger charge is -2.18. The molecule has 1 amide bonds. The van der Waals surface area contributed by atoms with Crippen LogP contribution in [0.5, 0.6) is 0 Å². The van der Waals surface area contributed by atoms with Gasteiger partial charge in [-0.15, -0.1) is 0 Å². The number of amides is 1. The van der Waals surface area contributed by atoms with E-state index in [0.717, 1.165) is 5.56 Å². The largest absolute Gasteiger partial charge is 0.368 e. The van der Waals surface area contributed by atoms with Gasteiger partial charge in [0, 0.05) is 26.0 Å². The Morgan fingerprint density at radius 3 is 2.67 bits per heavy atom. The van der Waals surface area contributed by atoms with Crippen molar-refractivity contribution in [1.29, 1.82) is 0 Å².